The average molecular weight is 210 g/mol. The van der Waals surface area contributed by atoms with Crippen molar-refractivity contribution in [2.75, 3.05) is 6.54 Å². The van der Waals surface area contributed by atoms with Crippen LogP contribution in [0.3, 0.4) is 0 Å². The summed E-state index contributed by atoms with van der Waals surface area (Å²) < 4.78 is 0. The molecule has 0 aliphatic heterocycles. The number of amides is 1. The first-order chi connectivity index (χ1) is 6.72. The van der Waals surface area contributed by atoms with Crippen molar-refractivity contribution in [3.05, 3.63) is 0 Å². The molecule has 0 N–H and O–H groups in total. The van der Waals surface area contributed by atoms with Gasteiger partial charge in [-0.3, -0.25) is 4.79 Å². The second kappa shape index (κ2) is 5.16. The zero-order valence-corrected chi connectivity index (χ0v) is 10.7. The van der Waals surface area contributed by atoms with E-state index in [0.717, 1.165) is 0 Å². The molecular weight excluding hydrogens is 188 g/mol. The molecule has 0 bridgehead atoms. The quantitative estimate of drug-likeness (QED) is 0.715. The van der Waals surface area contributed by atoms with E-state index < -0.39 is 5.54 Å². The van der Waals surface area contributed by atoms with Crippen LogP contribution in [0.4, 0.5) is 0 Å². The minimum absolute atomic E-state index is 0.0512. The summed E-state index contributed by atoms with van der Waals surface area (Å²) in [6.45, 7) is 12.0. The molecule has 1 amide bonds. The smallest absolute Gasteiger partial charge is 0.226 e. The summed E-state index contributed by atoms with van der Waals surface area (Å²) in [6.07, 6.45) is 0. The summed E-state index contributed by atoms with van der Waals surface area (Å²) in [4.78, 5) is 13.6. The van der Waals surface area contributed by atoms with Crippen LogP contribution in [-0.2, 0) is 4.79 Å². The first-order valence-corrected chi connectivity index (χ1v) is 5.45. The van der Waals surface area contributed by atoms with Crippen molar-refractivity contribution < 1.29 is 4.79 Å². The summed E-state index contributed by atoms with van der Waals surface area (Å²) in [5, 5.41) is 9.06. The van der Waals surface area contributed by atoms with Crippen molar-refractivity contribution in [1.82, 2.24) is 4.90 Å². The SMILES string of the molecule is CC(C)CN(C(=O)C(C)C)C(C)(C)C#N. The van der Waals surface area contributed by atoms with Crippen LogP contribution in [0.5, 0.6) is 0 Å². The van der Waals surface area contributed by atoms with Gasteiger partial charge in [0.1, 0.15) is 5.54 Å². The summed E-state index contributed by atoms with van der Waals surface area (Å²) in [7, 11) is 0. The number of nitrogens with zero attached hydrogens (tertiary/aromatic N) is 2. The van der Waals surface area contributed by atoms with E-state index in [2.05, 4.69) is 6.07 Å². The normalized spacial score (nSPS) is 11.7. The first kappa shape index (κ1) is 14.0. The van der Waals surface area contributed by atoms with Gasteiger partial charge >= 0.3 is 0 Å². The molecule has 86 valence electrons. The van der Waals surface area contributed by atoms with Crippen LogP contribution in [-0.4, -0.2) is 22.9 Å². The molecule has 0 aliphatic rings. The highest BCUT2D eigenvalue weighted by molar-refractivity contribution is 5.79. The minimum atomic E-state index is -0.717. The van der Waals surface area contributed by atoms with Crippen molar-refractivity contribution >= 4 is 5.91 Å². The second-order valence-corrected chi connectivity index (χ2v) is 5.17. The maximum absolute atomic E-state index is 12.0. The standard InChI is InChI=1S/C12H22N2O/c1-9(2)7-14(11(15)10(3)4)12(5,6)8-13/h9-10H,7H2,1-6H3. The number of hydrogen-bond donors (Lipinski definition) is 0. The zero-order valence-electron chi connectivity index (χ0n) is 10.7. The van der Waals surface area contributed by atoms with Gasteiger partial charge in [-0.15, -0.1) is 0 Å². The van der Waals surface area contributed by atoms with E-state index in [-0.39, 0.29) is 11.8 Å². The number of nitriles is 1. The fraction of sp³-hybridized carbons (Fsp3) is 0.833. The molecule has 0 spiro atoms. The molecule has 0 unspecified atom stereocenters. The molecular formula is C12H22N2O. The van der Waals surface area contributed by atoms with E-state index >= 15 is 0 Å². The van der Waals surface area contributed by atoms with Gasteiger partial charge in [-0.1, -0.05) is 27.7 Å². The third-order valence-electron chi connectivity index (χ3n) is 2.26. The average Bonchev–Trinajstić information content (AvgIpc) is 2.12. The van der Waals surface area contributed by atoms with Gasteiger partial charge in [0, 0.05) is 12.5 Å². The molecule has 0 saturated heterocycles. The summed E-state index contributed by atoms with van der Waals surface area (Å²) in [5.74, 6) is 0.368. The molecule has 0 aromatic rings. The third-order valence-corrected chi connectivity index (χ3v) is 2.26. The fourth-order valence-electron chi connectivity index (χ4n) is 1.33. The highest BCUT2D eigenvalue weighted by Crippen LogP contribution is 2.18. The molecule has 15 heavy (non-hydrogen) atoms. The predicted octanol–water partition coefficient (Wildman–Crippen LogP) is 2.43. The van der Waals surface area contributed by atoms with Crippen molar-refractivity contribution in [2.24, 2.45) is 11.8 Å². The Morgan fingerprint density at radius 1 is 1.33 bits per heavy atom. The minimum Gasteiger partial charge on any atom is -0.324 e. The topological polar surface area (TPSA) is 44.1 Å². The number of hydrogen-bond acceptors (Lipinski definition) is 2. The highest BCUT2D eigenvalue weighted by atomic mass is 16.2. The Labute approximate surface area is 93.1 Å². The Kier molecular flexibility index (Phi) is 4.80. The maximum atomic E-state index is 12.0. The number of rotatable bonds is 4. The van der Waals surface area contributed by atoms with E-state index in [9.17, 15) is 4.79 Å². The van der Waals surface area contributed by atoms with E-state index in [1.54, 1.807) is 18.7 Å². The second-order valence-electron chi connectivity index (χ2n) is 5.17. The Morgan fingerprint density at radius 3 is 2.07 bits per heavy atom. The molecule has 3 heteroatoms. The molecule has 0 saturated carbocycles. The van der Waals surface area contributed by atoms with Gasteiger partial charge in [-0.25, -0.2) is 0 Å². The first-order valence-electron chi connectivity index (χ1n) is 5.45. The molecule has 0 heterocycles. The molecule has 0 aromatic carbocycles. The van der Waals surface area contributed by atoms with Crippen molar-refractivity contribution in [2.45, 2.75) is 47.1 Å². The molecule has 0 aliphatic carbocycles. The van der Waals surface area contributed by atoms with Gasteiger partial charge in [-0.05, 0) is 19.8 Å². The summed E-state index contributed by atoms with van der Waals surface area (Å²) >= 11 is 0. The molecule has 0 rings (SSSR count). The number of carbonyl (C=O) groups excluding carboxylic acids is 1. The van der Waals surface area contributed by atoms with Crippen LogP contribution in [0.2, 0.25) is 0 Å². The fourth-order valence-corrected chi connectivity index (χ4v) is 1.33. The van der Waals surface area contributed by atoms with Crippen LogP contribution >= 0.6 is 0 Å². The summed E-state index contributed by atoms with van der Waals surface area (Å²) in [5.41, 5.74) is -0.717. The Bertz CT molecular complexity index is 261. The lowest BCUT2D eigenvalue weighted by molar-refractivity contribution is -0.138. The van der Waals surface area contributed by atoms with Crippen LogP contribution in [0.1, 0.15) is 41.5 Å². The molecule has 0 atom stereocenters. The van der Waals surface area contributed by atoms with E-state index in [4.69, 9.17) is 5.26 Å². The van der Waals surface area contributed by atoms with Crippen molar-refractivity contribution in [3.63, 3.8) is 0 Å². The lowest BCUT2D eigenvalue weighted by Crippen LogP contribution is -2.50. The van der Waals surface area contributed by atoms with Crippen LogP contribution < -0.4 is 0 Å². The molecule has 0 radical (unpaired) electrons. The van der Waals surface area contributed by atoms with Gasteiger partial charge < -0.3 is 4.90 Å². The summed E-state index contributed by atoms with van der Waals surface area (Å²) in [6, 6.07) is 2.19. The van der Waals surface area contributed by atoms with Gasteiger partial charge in [0.05, 0.1) is 6.07 Å². The van der Waals surface area contributed by atoms with Gasteiger partial charge in [0.2, 0.25) is 5.91 Å². The van der Waals surface area contributed by atoms with E-state index in [1.165, 1.54) is 0 Å². The van der Waals surface area contributed by atoms with Crippen LogP contribution in [0.15, 0.2) is 0 Å². The lowest BCUT2D eigenvalue weighted by Gasteiger charge is -2.35. The van der Waals surface area contributed by atoms with Gasteiger partial charge in [0.15, 0.2) is 0 Å². The lowest BCUT2D eigenvalue weighted by atomic mass is 10.00. The third kappa shape index (κ3) is 3.91. The van der Waals surface area contributed by atoms with Crippen LogP contribution in [0.25, 0.3) is 0 Å². The van der Waals surface area contributed by atoms with E-state index in [0.29, 0.717) is 12.5 Å². The predicted molar refractivity (Wildman–Crippen MR) is 61.1 cm³/mol. The molecule has 0 fully saturated rings. The largest absolute Gasteiger partial charge is 0.324 e. The van der Waals surface area contributed by atoms with Crippen LogP contribution in [0, 0.1) is 23.2 Å². The van der Waals surface area contributed by atoms with Crippen molar-refractivity contribution in [1.29, 1.82) is 5.26 Å². The monoisotopic (exact) mass is 210 g/mol. The van der Waals surface area contributed by atoms with Crippen molar-refractivity contribution in [3.8, 4) is 6.07 Å². The van der Waals surface area contributed by atoms with Gasteiger partial charge in [0.25, 0.3) is 0 Å². The number of carbonyl (C=O) groups is 1. The Morgan fingerprint density at radius 2 is 1.80 bits per heavy atom. The Balaban J connectivity index is 4.91. The Hall–Kier alpha value is -1.04. The molecule has 3 nitrogen and oxygen atoms in total. The maximum Gasteiger partial charge on any atom is 0.226 e. The zero-order chi connectivity index (χ0) is 12.2. The highest BCUT2D eigenvalue weighted by Gasteiger charge is 2.32. The van der Waals surface area contributed by atoms with E-state index in [1.807, 2.05) is 27.7 Å². The van der Waals surface area contributed by atoms with Gasteiger partial charge in [-0.2, -0.15) is 5.26 Å². The molecule has 0 aromatic heterocycles.